The predicted molar refractivity (Wildman–Crippen MR) is 134 cm³/mol. The van der Waals surface area contributed by atoms with Crippen LogP contribution >= 0.6 is 0 Å². The van der Waals surface area contributed by atoms with Gasteiger partial charge in [-0.15, -0.1) is 0 Å². The molecule has 0 saturated carbocycles. The average molecular weight is 603 g/mol. The van der Waals surface area contributed by atoms with E-state index in [0.29, 0.717) is 30.7 Å². The zero-order valence-electron chi connectivity index (χ0n) is 22.5. The predicted octanol–water partition coefficient (Wildman–Crippen LogP) is 5.31. The first-order chi connectivity index (χ1) is 19.6. The van der Waals surface area contributed by atoms with Crippen molar-refractivity contribution in [2.75, 3.05) is 19.6 Å². The summed E-state index contributed by atoms with van der Waals surface area (Å²) in [5, 5.41) is 9.86. The van der Waals surface area contributed by atoms with Crippen molar-refractivity contribution in [3.8, 4) is 0 Å². The third-order valence-corrected chi connectivity index (χ3v) is 8.40. The zero-order valence-corrected chi connectivity index (χ0v) is 22.5. The first-order valence-corrected chi connectivity index (χ1v) is 13.6. The number of likely N-dealkylation sites (tertiary alicyclic amines) is 1. The van der Waals surface area contributed by atoms with Crippen LogP contribution < -0.4 is 0 Å². The van der Waals surface area contributed by atoms with E-state index in [1.807, 2.05) is 0 Å². The van der Waals surface area contributed by atoms with Gasteiger partial charge in [0.25, 0.3) is 0 Å². The van der Waals surface area contributed by atoms with Crippen LogP contribution in [-0.2, 0) is 26.7 Å². The minimum atomic E-state index is -5.03. The van der Waals surface area contributed by atoms with Crippen molar-refractivity contribution < 1.29 is 50.2 Å². The van der Waals surface area contributed by atoms with Gasteiger partial charge in [-0.1, -0.05) is 12.1 Å². The van der Waals surface area contributed by atoms with Crippen LogP contribution in [0.5, 0.6) is 0 Å². The number of hydrogen-bond acceptors (Lipinski definition) is 4. The van der Waals surface area contributed by atoms with Gasteiger partial charge in [0.2, 0.25) is 11.8 Å². The lowest BCUT2D eigenvalue weighted by Gasteiger charge is -2.37. The number of fused-ring (bicyclic) bond motifs is 1. The zero-order chi connectivity index (χ0) is 30.6. The maximum absolute atomic E-state index is 13.8. The number of benzene rings is 2. The molecule has 0 radical (unpaired) electrons. The second-order valence-electron chi connectivity index (χ2n) is 11.2. The monoisotopic (exact) mass is 602 g/mol. The molecular formula is C29H29F7N2O4. The molecule has 0 aliphatic carbocycles. The Morgan fingerprint density at radius 2 is 1.62 bits per heavy atom. The normalized spacial score (nSPS) is 27.4. The van der Waals surface area contributed by atoms with E-state index < -0.39 is 65.5 Å². The molecule has 0 bridgehead atoms. The molecule has 228 valence electrons. The van der Waals surface area contributed by atoms with E-state index in [2.05, 4.69) is 0 Å². The van der Waals surface area contributed by atoms with E-state index in [1.165, 1.54) is 41.0 Å². The summed E-state index contributed by atoms with van der Waals surface area (Å²) >= 11 is 0. The number of amides is 2. The standard InChI is InChI=1S/C29H29F7N2O4/c1-15(17-8-19(28(31,32)33)12-20(9-17)29(34,35)36)42-24-14-38-23(26(24)16-2-4-21(30)5-3-16)10-18(11-25(38)40)27(41)37-7-6-22(39)13-37/h2-5,8-9,12,15,18,22-24,26,39H,6-7,10-11,13-14H2,1H3/t15-,18?,22+,23?,24+,26?/m1/s1. The second-order valence-corrected chi connectivity index (χ2v) is 11.2. The van der Waals surface area contributed by atoms with E-state index in [9.17, 15) is 45.4 Å². The van der Waals surface area contributed by atoms with Gasteiger partial charge in [0.05, 0.1) is 29.4 Å². The number of aliphatic hydroxyl groups is 1. The molecule has 1 N–H and O–H groups in total. The molecule has 0 spiro atoms. The molecule has 0 aromatic heterocycles. The molecule has 5 rings (SSSR count). The average Bonchev–Trinajstić information content (AvgIpc) is 3.51. The van der Waals surface area contributed by atoms with E-state index in [1.54, 1.807) is 0 Å². The molecule has 3 unspecified atom stereocenters. The maximum Gasteiger partial charge on any atom is 0.416 e. The van der Waals surface area contributed by atoms with Gasteiger partial charge >= 0.3 is 12.4 Å². The van der Waals surface area contributed by atoms with Crippen LogP contribution in [0, 0.1) is 11.7 Å². The van der Waals surface area contributed by atoms with Crippen LogP contribution in [0.25, 0.3) is 0 Å². The highest BCUT2D eigenvalue weighted by molar-refractivity contribution is 5.88. The van der Waals surface area contributed by atoms with Gasteiger partial charge < -0.3 is 19.6 Å². The summed E-state index contributed by atoms with van der Waals surface area (Å²) in [4.78, 5) is 29.5. The van der Waals surface area contributed by atoms with Crippen LogP contribution in [0.15, 0.2) is 42.5 Å². The van der Waals surface area contributed by atoms with Crippen LogP contribution in [0.4, 0.5) is 30.7 Å². The number of ether oxygens (including phenoxy) is 1. The van der Waals surface area contributed by atoms with Crippen molar-refractivity contribution in [1.82, 2.24) is 9.80 Å². The quantitative estimate of drug-likeness (QED) is 0.472. The molecular weight excluding hydrogens is 573 g/mol. The fourth-order valence-corrected chi connectivity index (χ4v) is 6.34. The van der Waals surface area contributed by atoms with E-state index in [0.717, 1.165) is 0 Å². The summed E-state index contributed by atoms with van der Waals surface area (Å²) in [6.45, 7) is 1.85. The maximum atomic E-state index is 13.8. The van der Waals surface area contributed by atoms with Crippen molar-refractivity contribution in [2.45, 2.75) is 68.8 Å². The first-order valence-electron chi connectivity index (χ1n) is 13.6. The van der Waals surface area contributed by atoms with Crippen LogP contribution in [0.1, 0.15) is 60.5 Å². The summed E-state index contributed by atoms with van der Waals surface area (Å²) in [6, 6.07) is 6.08. The second kappa shape index (κ2) is 11.1. The molecule has 2 aromatic rings. The van der Waals surface area contributed by atoms with E-state index in [4.69, 9.17) is 4.74 Å². The summed E-state index contributed by atoms with van der Waals surface area (Å²) in [7, 11) is 0. The summed E-state index contributed by atoms with van der Waals surface area (Å²) in [6.07, 6.45) is -12.2. The van der Waals surface area contributed by atoms with Crippen molar-refractivity contribution in [3.05, 3.63) is 70.5 Å². The summed E-state index contributed by atoms with van der Waals surface area (Å²) in [5.74, 6) is -2.44. The SMILES string of the molecule is C[C@@H](O[C@H]1CN2C(=O)CC(C(=O)N3CC[C@H](O)C3)CC2C1c1ccc(F)cc1)c1cc(C(F)(F)F)cc(C(F)(F)F)c1. The highest BCUT2D eigenvalue weighted by atomic mass is 19.4. The summed E-state index contributed by atoms with van der Waals surface area (Å²) in [5.41, 5.74) is -2.72. The Kier molecular flexibility index (Phi) is 8.03. The Morgan fingerprint density at radius 1 is 1.00 bits per heavy atom. The topological polar surface area (TPSA) is 70.1 Å². The fourth-order valence-electron chi connectivity index (χ4n) is 6.34. The smallest absolute Gasteiger partial charge is 0.391 e. The molecule has 42 heavy (non-hydrogen) atoms. The Morgan fingerprint density at radius 3 is 2.17 bits per heavy atom. The van der Waals surface area contributed by atoms with Gasteiger partial charge in [0.15, 0.2) is 0 Å². The number of halogens is 7. The third kappa shape index (κ3) is 6.12. The van der Waals surface area contributed by atoms with Gasteiger partial charge in [-0.3, -0.25) is 9.59 Å². The minimum absolute atomic E-state index is 0.00961. The molecule has 3 aliphatic heterocycles. The van der Waals surface area contributed by atoms with Crippen LogP contribution in [0.2, 0.25) is 0 Å². The molecule has 2 amide bonds. The van der Waals surface area contributed by atoms with E-state index >= 15 is 0 Å². The number of nitrogens with zero attached hydrogens (tertiary/aromatic N) is 2. The number of carbonyl (C=O) groups is 2. The highest BCUT2D eigenvalue weighted by Gasteiger charge is 2.51. The minimum Gasteiger partial charge on any atom is -0.391 e. The highest BCUT2D eigenvalue weighted by Crippen LogP contribution is 2.45. The molecule has 3 fully saturated rings. The number of carbonyl (C=O) groups excluding carboxylic acids is 2. The van der Waals surface area contributed by atoms with Crippen molar-refractivity contribution in [1.29, 1.82) is 0 Å². The molecule has 13 heteroatoms. The Bertz CT molecular complexity index is 1300. The number of rotatable bonds is 5. The van der Waals surface area contributed by atoms with Gasteiger partial charge in [-0.2, -0.15) is 26.3 Å². The number of piperidine rings is 1. The fraction of sp³-hybridized carbons (Fsp3) is 0.517. The van der Waals surface area contributed by atoms with Gasteiger partial charge in [0, 0.05) is 43.9 Å². The lowest BCUT2D eigenvalue weighted by molar-refractivity contribution is -0.146. The van der Waals surface area contributed by atoms with Crippen molar-refractivity contribution >= 4 is 11.8 Å². The largest absolute Gasteiger partial charge is 0.416 e. The lowest BCUT2D eigenvalue weighted by Crippen LogP contribution is -2.48. The number of aliphatic hydroxyl groups excluding tert-OH is 1. The molecule has 6 nitrogen and oxygen atoms in total. The number of alkyl halides is 6. The van der Waals surface area contributed by atoms with Gasteiger partial charge in [-0.05, 0) is 61.2 Å². The van der Waals surface area contributed by atoms with Crippen LogP contribution in [0.3, 0.4) is 0 Å². The number of β-amino-alcohol motifs (C(OH)–C–C–N with tert-alkyl or cyclic N) is 1. The van der Waals surface area contributed by atoms with Crippen LogP contribution in [-0.4, -0.2) is 64.6 Å². The molecule has 3 heterocycles. The number of hydrogen-bond donors (Lipinski definition) is 1. The molecule has 3 saturated heterocycles. The summed E-state index contributed by atoms with van der Waals surface area (Å²) < 4.78 is 101. The Hall–Kier alpha value is -3.19. The Labute approximate surface area is 237 Å². The van der Waals surface area contributed by atoms with E-state index in [-0.39, 0.29) is 49.4 Å². The van der Waals surface area contributed by atoms with Crippen molar-refractivity contribution in [2.24, 2.45) is 5.92 Å². The molecule has 2 aromatic carbocycles. The molecule has 6 atom stereocenters. The molecule has 3 aliphatic rings. The van der Waals surface area contributed by atoms with Crippen molar-refractivity contribution in [3.63, 3.8) is 0 Å². The lowest BCUT2D eigenvalue weighted by atomic mass is 9.81. The van der Waals surface area contributed by atoms with Gasteiger partial charge in [-0.25, -0.2) is 4.39 Å². The third-order valence-electron chi connectivity index (χ3n) is 8.40. The van der Waals surface area contributed by atoms with Gasteiger partial charge in [0.1, 0.15) is 5.82 Å². The Balaban J connectivity index is 1.45. The first kappa shape index (κ1) is 30.3.